The molecular formula is C17H21F2NO2. The zero-order valence-corrected chi connectivity index (χ0v) is 12.6. The van der Waals surface area contributed by atoms with Crippen molar-refractivity contribution in [2.24, 2.45) is 5.92 Å². The molecule has 3 nitrogen and oxygen atoms in total. The third-order valence-electron chi connectivity index (χ3n) is 4.15. The number of hydrogen-bond donors (Lipinski definition) is 1. The molecule has 1 saturated carbocycles. The number of benzene rings is 1. The van der Waals surface area contributed by atoms with Crippen molar-refractivity contribution in [3.8, 4) is 0 Å². The first-order valence-electron chi connectivity index (χ1n) is 7.54. The molecule has 22 heavy (non-hydrogen) atoms. The van der Waals surface area contributed by atoms with Crippen LogP contribution in [0.3, 0.4) is 0 Å². The third kappa shape index (κ3) is 4.13. The number of aliphatic hydroxyl groups is 1. The number of carbonyl (C=O) groups is 1. The van der Waals surface area contributed by atoms with Crippen molar-refractivity contribution < 1.29 is 18.7 Å². The van der Waals surface area contributed by atoms with Gasteiger partial charge in [0.1, 0.15) is 11.6 Å². The van der Waals surface area contributed by atoms with E-state index in [2.05, 4.69) is 0 Å². The van der Waals surface area contributed by atoms with E-state index < -0.39 is 11.6 Å². The van der Waals surface area contributed by atoms with Gasteiger partial charge in [-0.05, 0) is 31.1 Å². The fourth-order valence-electron chi connectivity index (χ4n) is 2.79. The lowest BCUT2D eigenvalue weighted by atomic mass is 9.86. The average molecular weight is 309 g/mol. The van der Waals surface area contributed by atoms with Crippen molar-refractivity contribution >= 4 is 12.0 Å². The molecule has 5 heteroatoms. The quantitative estimate of drug-likeness (QED) is 0.869. The normalized spacial score (nSPS) is 22.0. The summed E-state index contributed by atoms with van der Waals surface area (Å²) in [5.74, 6) is -1.66. The van der Waals surface area contributed by atoms with E-state index in [-0.39, 0.29) is 23.5 Å². The Morgan fingerprint density at radius 1 is 1.32 bits per heavy atom. The second-order valence-corrected chi connectivity index (χ2v) is 5.80. The van der Waals surface area contributed by atoms with Gasteiger partial charge in [0.2, 0.25) is 5.91 Å². The van der Waals surface area contributed by atoms with Crippen molar-refractivity contribution in [3.05, 3.63) is 41.5 Å². The van der Waals surface area contributed by atoms with Crippen LogP contribution in [0.5, 0.6) is 0 Å². The summed E-state index contributed by atoms with van der Waals surface area (Å²) in [5.41, 5.74) is -0.220. The molecule has 2 atom stereocenters. The van der Waals surface area contributed by atoms with Crippen LogP contribution in [-0.4, -0.2) is 35.6 Å². The largest absolute Gasteiger partial charge is 0.393 e. The molecule has 1 aromatic carbocycles. The van der Waals surface area contributed by atoms with Gasteiger partial charge in [0.25, 0.3) is 0 Å². The molecule has 0 aromatic heterocycles. The highest BCUT2D eigenvalue weighted by Crippen LogP contribution is 2.25. The molecule has 1 aromatic rings. The number of rotatable bonds is 4. The van der Waals surface area contributed by atoms with Crippen LogP contribution in [0.4, 0.5) is 8.78 Å². The summed E-state index contributed by atoms with van der Waals surface area (Å²) in [6.07, 6.45) is 5.67. The standard InChI is InChI=1S/C17H21F2NO2/c1-20(11-12-5-2-3-8-16(12)21)17(22)10-9-13-14(18)6-4-7-15(13)19/h4,6-7,9-10,12,16,21H,2-3,5,8,11H2,1H3/b10-9+. The van der Waals surface area contributed by atoms with Crippen molar-refractivity contribution in [3.63, 3.8) is 0 Å². The van der Waals surface area contributed by atoms with Crippen LogP contribution in [0.1, 0.15) is 31.2 Å². The molecule has 2 unspecified atom stereocenters. The van der Waals surface area contributed by atoms with Crippen LogP contribution in [0.25, 0.3) is 6.08 Å². The van der Waals surface area contributed by atoms with Crippen molar-refractivity contribution in [1.82, 2.24) is 4.90 Å². The maximum atomic E-state index is 13.5. The minimum atomic E-state index is -0.700. The number of carbonyl (C=O) groups excluding carboxylic acids is 1. The maximum Gasteiger partial charge on any atom is 0.246 e. The second-order valence-electron chi connectivity index (χ2n) is 5.80. The molecule has 1 aliphatic carbocycles. The SMILES string of the molecule is CN(CC1CCCCC1O)C(=O)/C=C/c1c(F)cccc1F. The predicted molar refractivity (Wildman–Crippen MR) is 81.0 cm³/mol. The van der Waals surface area contributed by atoms with Gasteiger partial charge in [-0.15, -0.1) is 0 Å². The summed E-state index contributed by atoms with van der Waals surface area (Å²) in [6.45, 7) is 0.449. The molecule has 1 fully saturated rings. The molecule has 1 N–H and O–H groups in total. The minimum Gasteiger partial charge on any atom is -0.393 e. The number of likely N-dealkylation sites (N-methyl/N-ethyl adjacent to an activating group) is 1. The van der Waals surface area contributed by atoms with E-state index >= 15 is 0 Å². The van der Waals surface area contributed by atoms with Crippen LogP contribution >= 0.6 is 0 Å². The van der Waals surface area contributed by atoms with Crippen LogP contribution in [0.2, 0.25) is 0 Å². The molecule has 0 radical (unpaired) electrons. The van der Waals surface area contributed by atoms with Gasteiger partial charge in [0.05, 0.1) is 6.10 Å². The van der Waals surface area contributed by atoms with Gasteiger partial charge >= 0.3 is 0 Å². The van der Waals surface area contributed by atoms with Gasteiger partial charge in [-0.25, -0.2) is 8.78 Å². The molecule has 0 aliphatic heterocycles. The van der Waals surface area contributed by atoms with Gasteiger partial charge < -0.3 is 10.0 Å². The Bertz CT molecular complexity index is 539. The molecule has 120 valence electrons. The highest BCUT2D eigenvalue weighted by molar-refractivity contribution is 5.91. The van der Waals surface area contributed by atoms with Gasteiger partial charge in [-0.3, -0.25) is 4.79 Å². The predicted octanol–water partition coefficient (Wildman–Crippen LogP) is 2.99. The van der Waals surface area contributed by atoms with E-state index in [9.17, 15) is 18.7 Å². The van der Waals surface area contributed by atoms with Gasteiger partial charge in [0.15, 0.2) is 0 Å². The van der Waals surface area contributed by atoms with Crippen LogP contribution in [0, 0.1) is 17.6 Å². The Balaban J connectivity index is 1.97. The summed E-state index contributed by atoms with van der Waals surface area (Å²) < 4.78 is 27.0. The average Bonchev–Trinajstić information content (AvgIpc) is 2.48. The number of amides is 1. The van der Waals surface area contributed by atoms with Gasteiger partial charge in [0, 0.05) is 31.1 Å². The minimum absolute atomic E-state index is 0.0706. The first kappa shape index (κ1) is 16.6. The molecule has 1 aliphatic rings. The number of aliphatic hydroxyl groups excluding tert-OH is 1. The smallest absolute Gasteiger partial charge is 0.246 e. The van der Waals surface area contributed by atoms with Crippen molar-refractivity contribution in [2.75, 3.05) is 13.6 Å². The Labute approximate surface area is 129 Å². The van der Waals surface area contributed by atoms with Crippen molar-refractivity contribution in [1.29, 1.82) is 0 Å². The Morgan fingerprint density at radius 3 is 2.59 bits per heavy atom. The van der Waals surface area contributed by atoms with E-state index in [0.717, 1.165) is 50.0 Å². The summed E-state index contributed by atoms with van der Waals surface area (Å²) in [4.78, 5) is 13.5. The lowest BCUT2D eigenvalue weighted by Gasteiger charge is -2.30. The van der Waals surface area contributed by atoms with E-state index in [4.69, 9.17) is 0 Å². The zero-order chi connectivity index (χ0) is 16.1. The van der Waals surface area contributed by atoms with E-state index in [1.54, 1.807) is 7.05 Å². The summed E-state index contributed by atoms with van der Waals surface area (Å²) >= 11 is 0. The van der Waals surface area contributed by atoms with Gasteiger partial charge in [-0.2, -0.15) is 0 Å². The van der Waals surface area contributed by atoms with Crippen LogP contribution in [0.15, 0.2) is 24.3 Å². The van der Waals surface area contributed by atoms with E-state index in [1.165, 1.54) is 11.0 Å². The van der Waals surface area contributed by atoms with E-state index in [0.29, 0.717) is 6.54 Å². The number of hydrogen-bond acceptors (Lipinski definition) is 2. The maximum absolute atomic E-state index is 13.5. The Hall–Kier alpha value is -1.75. The first-order valence-corrected chi connectivity index (χ1v) is 7.54. The fraction of sp³-hybridized carbons (Fsp3) is 0.471. The topological polar surface area (TPSA) is 40.5 Å². The van der Waals surface area contributed by atoms with Crippen molar-refractivity contribution in [2.45, 2.75) is 31.8 Å². The van der Waals surface area contributed by atoms with Crippen LogP contribution < -0.4 is 0 Å². The van der Waals surface area contributed by atoms with Gasteiger partial charge in [-0.1, -0.05) is 18.9 Å². The molecule has 1 amide bonds. The van der Waals surface area contributed by atoms with E-state index in [1.807, 2.05) is 0 Å². The molecule has 2 rings (SSSR count). The lowest BCUT2D eigenvalue weighted by Crippen LogP contribution is -2.37. The number of nitrogens with zero attached hydrogens (tertiary/aromatic N) is 1. The zero-order valence-electron chi connectivity index (χ0n) is 12.6. The monoisotopic (exact) mass is 309 g/mol. The Kier molecular flexibility index (Phi) is 5.66. The number of halogens is 2. The molecule has 0 saturated heterocycles. The second kappa shape index (κ2) is 7.49. The molecule has 0 bridgehead atoms. The Morgan fingerprint density at radius 2 is 1.95 bits per heavy atom. The molecular weight excluding hydrogens is 288 g/mol. The highest BCUT2D eigenvalue weighted by atomic mass is 19.1. The summed E-state index contributed by atoms with van der Waals surface area (Å²) in [5, 5.41) is 9.93. The molecule has 0 spiro atoms. The third-order valence-corrected chi connectivity index (χ3v) is 4.15. The lowest BCUT2D eigenvalue weighted by molar-refractivity contribution is -0.126. The summed E-state index contributed by atoms with van der Waals surface area (Å²) in [7, 11) is 1.63. The highest BCUT2D eigenvalue weighted by Gasteiger charge is 2.25. The fourth-order valence-corrected chi connectivity index (χ4v) is 2.79. The first-order chi connectivity index (χ1) is 10.5. The molecule has 0 heterocycles. The van der Waals surface area contributed by atoms with Crippen LogP contribution in [-0.2, 0) is 4.79 Å². The summed E-state index contributed by atoms with van der Waals surface area (Å²) in [6, 6.07) is 3.57.